The second kappa shape index (κ2) is 7.82. The van der Waals surface area contributed by atoms with Crippen LogP contribution in [0.4, 0.5) is 4.79 Å². The van der Waals surface area contributed by atoms with E-state index in [1.54, 1.807) is 0 Å². The normalized spacial score (nSPS) is 25.5. The lowest BCUT2D eigenvalue weighted by Crippen LogP contribution is -2.49. The molecule has 1 saturated carbocycles. The quantitative estimate of drug-likeness (QED) is 0.897. The minimum atomic E-state index is 0.0892. The van der Waals surface area contributed by atoms with Crippen molar-refractivity contribution in [2.24, 2.45) is 11.8 Å². The third kappa shape index (κ3) is 4.25. The highest BCUT2D eigenvalue weighted by atomic mass is 16.3. The summed E-state index contributed by atoms with van der Waals surface area (Å²) < 4.78 is 0. The summed E-state index contributed by atoms with van der Waals surface area (Å²) >= 11 is 0. The van der Waals surface area contributed by atoms with Crippen molar-refractivity contribution < 1.29 is 9.90 Å². The van der Waals surface area contributed by atoms with E-state index in [9.17, 15) is 9.90 Å². The van der Waals surface area contributed by atoms with E-state index in [0.29, 0.717) is 17.9 Å². The number of likely N-dealkylation sites (tertiary alicyclic amines) is 1. The van der Waals surface area contributed by atoms with Crippen molar-refractivity contribution in [3.63, 3.8) is 0 Å². The molecular weight excluding hydrogens is 288 g/mol. The Morgan fingerprint density at radius 3 is 2.57 bits per heavy atom. The van der Waals surface area contributed by atoms with Gasteiger partial charge in [0.1, 0.15) is 0 Å². The van der Waals surface area contributed by atoms with Gasteiger partial charge in [-0.25, -0.2) is 4.79 Å². The van der Waals surface area contributed by atoms with Crippen molar-refractivity contribution in [2.45, 2.75) is 44.6 Å². The van der Waals surface area contributed by atoms with Crippen LogP contribution in [0.25, 0.3) is 0 Å². The fourth-order valence-corrected chi connectivity index (χ4v) is 3.96. The highest BCUT2D eigenvalue weighted by Gasteiger charge is 2.31. The molecule has 126 valence electrons. The maximum absolute atomic E-state index is 12.5. The van der Waals surface area contributed by atoms with Crippen LogP contribution in [-0.4, -0.2) is 41.8 Å². The van der Waals surface area contributed by atoms with Crippen LogP contribution in [0.5, 0.6) is 0 Å². The maximum Gasteiger partial charge on any atom is 0.317 e. The van der Waals surface area contributed by atoms with Crippen LogP contribution in [0.3, 0.4) is 0 Å². The smallest absolute Gasteiger partial charge is 0.317 e. The topological polar surface area (TPSA) is 52.6 Å². The van der Waals surface area contributed by atoms with Gasteiger partial charge in [0.15, 0.2) is 0 Å². The summed E-state index contributed by atoms with van der Waals surface area (Å²) in [5, 5.41) is 12.5. The number of rotatable bonds is 4. The number of nitrogens with one attached hydrogen (secondary N) is 1. The summed E-state index contributed by atoms with van der Waals surface area (Å²) in [5.74, 6) is 0.924. The summed E-state index contributed by atoms with van der Waals surface area (Å²) in [6, 6.07) is 11.0. The molecule has 2 atom stereocenters. The Hall–Kier alpha value is -1.55. The summed E-state index contributed by atoms with van der Waals surface area (Å²) in [6.45, 7) is 1.79. The first-order chi connectivity index (χ1) is 11.3. The molecule has 2 amide bonds. The van der Waals surface area contributed by atoms with Gasteiger partial charge in [0.25, 0.3) is 0 Å². The molecule has 1 aromatic carbocycles. The second-order valence-corrected chi connectivity index (χ2v) is 7.05. The number of urea groups is 1. The standard InChI is InChI=1S/C19H28N2O2/c22-14-16-9-11-21(12-10-16)19(23)20-18-8-4-7-17(18)13-15-5-2-1-3-6-15/h1-3,5-6,16-18,22H,4,7-14H2,(H,20,23). The number of amides is 2. The SMILES string of the molecule is O=C(NC1CCCC1Cc1ccccc1)N1CCC(CO)CC1. The van der Waals surface area contributed by atoms with Crippen LogP contribution >= 0.6 is 0 Å². The molecular formula is C19H28N2O2. The summed E-state index contributed by atoms with van der Waals surface area (Å²) in [4.78, 5) is 14.4. The van der Waals surface area contributed by atoms with Crippen molar-refractivity contribution >= 4 is 6.03 Å². The van der Waals surface area contributed by atoms with Crippen molar-refractivity contribution in [3.05, 3.63) is 35.9 Å². The minimum absolute atomic E-state index is 0.0892. The number of nitrogens with zero attached hydrogens (tertiary/aromatic N) is 1. The number of benzene rings is 1. The van der Waals surface area contributed by atoms with E-state index in [-0.39, 0.29) is 12.6 Å². The lowest BCUT2D eigenvalue weighted by Gasteiger charge is -2.33. The molecule has 23 heavy (non-hydrogen) atoms. The molecule has 4 heteroatoms. The van der Waals surface area contributed by atoms with Crippen molar-refractivity contribution in [3.8, 4) is 0 Å². The number of piperidine rings is 1. The largest absolute Gasteiger partial charge is 0.396 e. The Labute approximate surface area is 138 Å². The highest BCUT2D eigenvalue weighted by molar-refractivity contribution is 5.74. The Kier molecular flexibility index (Phi) is 5.55. The predicted octanol–water partition coefficient (Wildman–Crippen LogP) is 2.81. The summed E-state index contributed by atoms with van der Waals surface area (Å²) in [5.41, 5.74) is 1.36. The highest BCUT2D eigenvalue weighted by Crippen LogP contribution is 2.29. The van der Waals surface area contributed by atoms with Gasteiger partial charge in [-0.15, -0.1) is 0 Å². The minimum Gasteiger partial charge on any atom is -0.396 e. The first-order valence-electron chi connectivity index (χ1n) is 8.96. The molecule has 2 unspecified atom stereocenters. The Bertz CT molecular complexity index is 497. The Morgan fingerprint density at radius 2 is 1.87 bits per heavy atom. The summed E-state index contributed by atoms with van der Waals surface area (Å²) in [6.07, 6.45) is 6.39. The molecule has 1 saturated heterocycles. The molecule has 0 spiro atoms. The van der Waals surface area contributed by atoms with E-state index in [1.165, 1.54) is 18.4 Å². The lowest BCUT2D eigenvalue weighted by molar-refractivity contribution is 0.134. The molecule has 1 aliphatic carbocycles. The first kappa shape index (κ1) is 16.3. The van der Waals surface area contributed by atoms with E-state index >= 15 is 0 Å². The number of aliphatic hydroxyl groups is 1. The molecule has 0 bridgehead atoms. The fraction of sp³-hybridized carbons (Fsp3) is 0.632. The summed E-state index contributed by atoms with van der Waals surface area (Å²) in [7, 11) is 0. The average Bonchev–Trinajstić information content (AvgIpc) is 3.02. The molecule has 2 aliphatic rings. The molecule has 4 nitrogen and oxygen atoms in total. The lowest BCUT2D eigenvalue weighted by atomic mass is 9.94. The zero-order valence-corrected chi connectivity index (χ0v) is 13.8. The zero-order valence-electron chi connectivity index (χ0n) is 13.8. The van der Waals surface area contributed by atoms with Gasteiger partial charge < -0.3 is 15.3 Å². The van der Waals surface area contributed by atoms with Crippen molar-refractivity contribution in [2.75, 3.05) is 19.7 Å². The van der Waals surface area contributed by atoms with E-state index in [1.807, 2.05) is 11.0 Å². The maximum atomic E-state index is 12.5. The molecule has 1 aromatic rings. The van der Waals surface area contributed by atoms with Gasteiger partial charge in [0.2, 0.25) is 0 Å². The van der Waals surface area contributed by atoms with Gasteiger partial charge in [-0.2, -0.15) is 0 Å². The van der Waals surface area contributed by atoms with Crippen LogP contribution in [0.2, 0.25) is 0 Å². The van der Waals surface area contributed by atoms with Gasteiger partial charge in [0.05, 0.1) is 0 Å². The molecule has 0 radical (unpaired) electrons. The van der Waals surface area contributed by atoms with Gasteiger partial charge in [-0.05, 0) is 49.5 Å². The number of hydrogen-bond donors (Lipinski definition) is 2. The molecule has 1 heterocycles. The third-order valence-electron chi connectivity index (χ3n) is 5.47. The van der Waals surface area contributed by atoms with Gasteiger partial charge in [0, 0.05) is 25.7 Å². The zero-order chi connectivity index (χ0) is 16.1. The molecule has 1 aliphatic heterocycles. The molecule has 0 aromatic heterocycles. The predicted molar refractivity (Wildman–Crippen MR) is 91.2 cm³/mol. The number of carbonyl (C=O) groups excluding carboxylic acids is 1. The van der Waals surface area contributed by atoms with Crippen molar-refractivity contribution in [1.29, 1.82) is 0 Å². The molecule has 2 N–H and O–H groups in total. The van der Waals surface area contributed by atoms with E-state index in [2.05, 4.69) is 29.6 Å². The Balaban J connectivity index is 1.51. The van der Waals surface area contributed by atoms with Crippen molar-refractivity contribution in [1.82, 2.24) is 10.2 Å². The van der Waals surface area contributed by atoms with Crippen LogP contribution in [0, 0.1) is 11.8 Å². The van der Waals surface area contributed by atoms with E-state index in [4.69, 9.17) is 0 Å². The second-order valence-electron chi connectivity index (χ2n) is 7.05. The van der Waals surface area contributed by atoms with Crippen LogP contribution in [0.1, 0.15) is 37.7 Å². The van der Waals surface area contributed by atoms with Gasteiger partial charge in [-0.3, -0.25) is 0 Å². The molecule has 3 rings (SSSR count). The van der Waals surface area contributed by atoms with Crippen LogP contribution in [0.15, 0.2) is 30.3 Å². The number of aliphatic hydroxyl groups excluding tert-OH is 1. The molecule has 2 fully saturated rings. The van der Waals surface area contributed by atoms with E-state index in [0.717, 1.165) is 38.8 Å². The Morgan fingerprint density at radius 1 is 1.13 bits per heavy atom. The van der Waals surface area contributed by atoms with E-state index < -0.39 is 0 Å². The van der Waals surface area contributed by atoms with Crippen LogP contribution < -0.4 is 5.32 Å². The number of hydrogen-bond acceptors (Lipinski definition) is 2. The average molecular weight is 316 g/mol. The van der Waals surface area contributed by atoms with Gasteiger partial charge >= 0.3 is 6.03 Å². The first-order valence-corrected chi connectivity index (χ1v) is 8.96. The van der Waals surface area contributed by atoms with Gasteiger partial charge in [-0.1, -0.05) is 36.8 Å². The van der Waals surface area contributed by atoms with Crippen LogP contribution in [-0.2, 0) is 6.42 Å². The number of carbonyl (C=O) groups is 1. The monoisotopic (exact) mass is 316 g/mol. The third-order valence-corrected chi connectivity index (χ3v) is 5.47. The fourth-order valence-electron chi connectivity index (χ4n) is 3.96.